The van der Waals surface area contributed by atoms with Crippen LogP contribution in [0.25, 0.3) is 22.2 Å². The monoisotopic (exact) mass is 584 g/mol. The first-order valence-electron chi connectivity index (χ1n) is 12.5. The second kappa shape index (κ2) is 10.2. The van der Waals surface area contributed by atoms with Crippen molar-refractivity contribution in [3.63, 3.8) is 0 Å². The number of alkyl halides is 3. The molecule has 2 aromatic carbocycles. The Morgan fingerprint density at radius 2 is 1.86 bits per heavy atom. The van der Waals surface area contributed by atoms with Crippen LogP contribution in [0.1, 0.15) is 28.5 Å². The molecule has 0 bridgehead atoms. The van der Waals surface area contributed by atoms with Crippen LogP contribution in [-0.4, -0.2) is 53.3 Å². The zero-order valence-electron chi connectivity index (χ0n) is 22.3. The normalized spacial score (nSPS) is 17.7. The maximum absolute atomic E-state index is 14.6. The van der Waals surface area contributed by atoms with E-state index in [2.05, 4.69) is 15.3 Å². The molecule has 1 aliphatic heterocycles. The molecule has 0 saturated heterocycles. The number of methoxy groups -OCH3 is 1. The van der Waals surface area contributed by atoms with E-state index < -0.39 is 47.1 Å². The highest BCUT2D eigenvalue weighted by Crippen LogP contribution is 2.47. The summed E-state index contributed by atoms with van der Waals surface area (Å²) in [5.74, 6) is -2.01. The molecule has 4 aromatic rings. The number of hydrogen-bond acceptors (Lipinski definition) is 7. The molecule has 42 heavy (non-hydrogen) atoms. The Balaban J connectivity index is 1.57. The number of pyridine rings is 2. The third-order valence-corrected chi connectivity index (χ3v) is 7.29. The van der Waals surface area contributed by atoms with Gasteiger partial charge in [0.05, 0.1) is 31.1 Å². The summed E-state index contributed by atoms with van der Waals surface area (Å²) in [6.07, 6.45) is -3.87. The Morgan fingerprint density at radius 1 is 1.14 bits per heavy atom. The standard InChI is InChI=1S/C29H24F4N4O5/c1-27(26(34)39)14-42-24-20(27)11-22(37-23(24)15-3-6-18(30)7-4-15)28(40,29(31,32)33)13-36-25(38)16-5-8-21-17(9-16)10-19(41-2)12-35-21/h3-12,40H,13-14H2,1-2H3,(H2,34,39)(H,36,38)/t27-,28-/m0/s1. The van der Waals surface area contributed by atoms with Gasteiger partial charge in [0.2, 0.25) is 11.5 Å². The first kappa shape index (κ1) is 28.7. The number of fused-ring (bicyclic) bond motifs is 2. The molecule has 1 aliphatic rings. The quantitative estimate of drug-likeness (QED) is 0.282. The van der Waals surface area contributed by atoms with Crippen molar-refractivity contribution >= 4 is 22.7 Å². The van der Waals surface area contributed by atoms with E-state index in [9.17, 15) is 32.3 Å². The predicted molar refractivity (Wildman–Crippen MR) is 142 cm³/mol. The molecular formula is C29H24F4N4O5. The van der Waals surface area contributed by atoms with Crippen LogP contribution in [0.5, 0.6) is 11.5 Å². The van der Waals surface area contributed by atoms with Crippen molar-refractivity contribution < 1.29 is 41.7 Å². The number of ether oxygens (including phenoxy) is 2. The number of aromatic nitrogens is 2. The van der Waals surface area contributed by atoms with E-state index in [4.69, 9.17) is 15.2 Å². The highest BCUT2D eigenvalue weighted by molar-refractivity contribution is 5.98. The summed E-state index contributed by atoms with van der Waals surface area (Å²) in [5.41, 5.74) is -0.126. The summed E-state index contributed by atoms with van der Waals surface area (Å²) >= 11 is 0. The molecule has 2 aromatic heterocycles. The van der Waals surface area contributed by atoms with Gasteiger partial charge in [0, 0.05) is 22.1 Å². The number of carbonyl (C=O) groups is 2. The van der Waals surface area contributed by atoms with Crippen LogP contribution < -0.4 is 20.5 Å². The lowest BCUT2D eigenvalue weighted by molar-refractivity contribution is -0.265. The van der Waals surface area contributed by atoms with Gasteiger partial charge < -0.3 is 25.6 Å². The first-order chi connectivity index (χ1) is 19.8. The number of primary amides is 1. The van der Waals surface area contributed by atoms with Gasteiger partial charge in [0.15, 0.2) is 0 Å². The first-order valence-corrected chi connectivity index (χ1v) is 12.5. The number of halogens is 4. The van der Waals surface area contributed by atoms with Gasteiger partial charge in [-0.3, -0.25) is 14.6 Å². The zero-order chi connectivity index (χ0) is 30.4. The fourth-order valence-corrected chi connectivity index (χ4v) is 4.61. The summed E-state index contributed by atoms with van der Waals surface area (Å²) in [6, 6.07) is 11.5. The summed E-state index contributed by atoms with van der Waals surface area (Å²) in [6.45, 7) is -0.232. The molecule has 2 atom stereocenters. The summed E-state index contributed by atoms with van der Waals surface area (Å²) in [4.78, 5) is 33.6. The van der Waals surface area contributed by atoms with E-state index in [1.54, 1.807) is 6.07 Å². The third-order valence-electron chi connectivity index (χ3n) is 7.29. The van der Waals surface area contributed by atoms with Crippen molar-refractivity contribution in [2.45, 2.75) is 24.1 Å². The lowest BCUT2D eigenvalue weighted by Crippen LogP contribution is -2.51. The van der Waals surface area contributed by atoms with Crippen LogP contribution in [0.15, 0.2) is 60.8 Å². The molecule has 9 nitrogen and oxygen atoms in total. The number of carbonyl (C=O) groups excluding carboxylic acids is 2. The Morgan fingerprint density at radius 3 is 2.50 bits per heavy atom. The largest absolute Gasteiger partial charge is 0.495 e. The molecule has 3 heterocycles. The van der Waals surface area contributed by atoms with E-state index in [1.807, 2.05) is 0 Å². The summed E-state index contributed by atoms with van der Waals surface area (Å²) in [7, 11) is 1.43. The van der Waals surface area contributed by atoms with E-state index in [1.165, 1.54) is 50.6 Å². The Kier molecular flexibility index (Phi) is 7.01. The minimum atomic E-state index is -5.34. The Hall–Kier alpha value is -4.78. The molecule has 4 N–H and O–H groups in total. The number of nitrogens with one attached hydrogen (secondary N) is 1. The Bertz CT molecular complexity index is 1710. The highest BCUT2D eigenvalue weighted by atomic mass is 19.4. The molecule has 13 heteroatoms. The number of amides is 2. The van der Waals surface area contributed by atoms with E-state index in [0.717, 1.165) is 18.2 Å². The average Bonchev–Trinajstić information content (AvgIpc) is 3.32. The van der Waals surface area contributed by atoms with Crippen LogP contribution in [0.3, 0.4) is 0 Å². The SMILES string of the molecule is COc1cnc2ccc(C(=O)NC[C@](O)(c3cc4c(c(-c5ccc(F)cc5)n3)OC[C@]4(C)C(N)=O)C(F)(F)F)cc2c1. The van der Waals surface area contributed by atoms with Gasteiger partial charge >= 0.3 is 6.18 Å². The number of nitrogens with two attached hydrogens (primary N) is 1. The van der Waals surface area contributed by atoms with Gasteiger partial charge in [0.1, 0.15) is 35.0 Å². The van der Waals surface area contributed by atoms with Gasteiger partial charge in [-0.2, -0.15) is 13.2 Å². The number of benzene rings is 2. The van der Waals surface area contributed by atoms with Crippen molar-refractivity contribution in [1.82, 2.24) is 15.3 Å². The Labute approximate surface area is 236 Å². The minimum absolute atomic E-state index is 0.00527. The van der Waals surface area contributed by atoms with Crippen molar-refractivity contribution in [1.29, 1.82) is 0 Å². The van der Waals surface area contributed by atoms with Crippen LogP contribution >= 0.6 is 0 Å². The van der Waals surface area contributed by atoms with Crippen LogP contribution in [0.4, 0.5) is 17.6 Å². The molecular weight excluding hydrogens is 560 g/mol. The fraction of sp³-hybridized carbons (Fsp3) is 0.241. The fourth-order valence-electron chi connectivity index (χ4n) is 4.61. The molecule has 0 fully saturated rings. The van der Waals surface area contributed by atoms with E-state index >= 15 is 0 Å². The molecule has 0 aliphatic carbocycles. The number of rotatable bonds is 7. The highest BCUT2D eigenvalue weighted by Gasteiger charge is 2.57. The van der Waals surface area contributed by atoms with Gasteiger partial charge in [-0.15, -0.1) is 0 Å². The van der Waals surface area contributed by atoms with Crippen molar-refractivity contribution in [2.75, 3.05) is 20.3 Å². The molecule has 2 amide bonds. The zero-order valence-corrected chi connectivity index (χ0v) is 22.3. The molecule has 5 rings (SSSR count). The summed E-state index contributed by atoms with van der Waals surface area (Å²) < 4.78 is 68.2. The lowest BCUT2D eigenvalue weighted by atomic mass is 9.81. The average molecular weight is 585 g/mol. The third kappa shape index (κ3) is 4.85. The van der Waals surface area contributed by atoms with Crippen molar-refractivity contribution in [2.24, 2.45) is 5.73 Å². The van der Waals surface area contributed by atoms with E-state index in [-0.39, 0.29) is 34.7 Å². The number of aliphatic hydroxyl groups is 1. The number of nitrogens with zero attached hydrogens (tertiary/aromatic N) is 2. The van der Waals surface area contributed by atoms with Gasteiger partial charge in [0.25, 0.3) is 5.91 Å². The molecule has 0 radical (unpaired) electrons. The summed E-state index contributed by atoms with van der Waals surface area (Å²) in [5, 5.41) is 13.8. The molecule has 218 valence electrons. The van der Waals surface area contributed by atoms with Crippen LogP contribution in [-0.2, 0) is 15.8 Å². The van der Waals surface area contributed by atoms with E-state index in [0.29, 0.717) is 16.7 Å². The maximum atomic E-state index is 14.6. The molecule has 0 unspecified atom stereocenters. The second-order valence-corrected chi connectivity index (χ2v) is 10.0. The molecule has 0 spiro atoms. The van der Waals surface area contributed by atoms with Gasteiger partial charge in [-0.1, -0.05) is 0 Å². The minimum Gasteiger partial charge on any atom is -0.495 e. The maximum Gasteiger partial charge on any atom is 0.424 e. The van der Waals surface area contributed by atoms with Crippen molar-refractivity contribution in [3.8, 4) is 22.8 Å². The lowest BCUT2D eigenvalue weighted by Gasteiger charge is -2.31. The number of hydrogen-bond donors (Lipinski definition) is 3. The van der Waals surface area contributed by atoms with Crippen LogP contribution in [0, 0.1) is 5.82 Å². The van der Waals surface area contributed by atoms with Crippen molar-refractivity contribution in [3.05, 3.63) is 83.4 Å². The molecule has 0 saturated carbocycles. The van der Waals surface area contributed by atoms with Gasteiger partial charge in [-0.25, -0.2) is 9.37 Å². The topological polar surface area (TPSA) is 137 Å². The predicted octanol–water partition coefficient (Wildman–Crippen LogP) is 3.76. The second-order valence-electron chi connectivity index (χ2n) is 10.0. The van der Waals surface area contributed by atoms with Crippen LogP contribution in [0.2, 0.25) is 0 Å². The van der Waals surface area contributed by atoms with Gasteiger partial charge in [-0.05, 0) is 61.5 Å². The smallest absolute Gasteiger partial charge is 0.424 e.